The van der Waals surface area contributed by atoms with Crippen LogP contribution in [0.4, 0.5) is 26.6 Å². The molecular formula is C23H28ClFN8O2. The van der Waals surface area contributed by atoms with Crippen LogP contribution in [0.1, 0.15) is 20.8 Å². The van der Waals surface area contributed by atoms with E-state index in [1.165, 1.54) is 18.5 Å². The number of nitrogens with one attached hydrogen (secondary N) is 2. The third-order valence-electron chi connectivity index (χ3n) is 5.29. The van der Waals surface area contributed by atoms with E-state index >= 15 is 0 Å². The fourth-order valence-corrected chi connectivity index (χ4v) is 3.73. The molecule has 2 aromatic heterocycles. The zero-order valence-electron chi connectivity index (χ0n) is 19.9. The second kappa shape index (κ2) is 10.5. The molecule has 1 saturated heterocycles. The molecule has 1 aliphatic rings. The predicted octanol–water partition coefficient (Wildman–Crippen LogP) is 3.92. The number of halogens is 2. The van der Waals surface area contributed by atoms with Crippen molar-refractivity contribution in [1.82, 2.24) is 29.7 Å². The van der Waals surface area contributed by atoms with Crippen molar-refractivity contribution < 1.29 is 13.9 Å². The first-order valence-electron chi connectivity index (χ1n) is 11.3. The molecule has 35 heavy (non-hydrogen) atoms. The van der Waals surface area contributed by atoms with Gasteiger partial charge < -0.3 is 20.3 Å². The van der Waals surface area contributed by atoms with Gasteiger partial charge in [0.25, 0.3) is 0 Å². The number of carbonyl (C=O) groups excluding carboxylic acids is 1. The molecule has 0 saturated carbocycles. The maximum absolute atomic E-state index is 13.5. The topological polar surface area (TPSA) is 108 Å². The van der Waals surface area contributed by atoms with Gasteiger partial charge in [-0.3, -0.25) is 4.90 Å². The van der Waals surface area contributed by atoms with Gasteiger partial charge in [0, 0.05) is 45.0 Å². The van der Waals surface area contributed by atoms with Crippen LogP contribution < -0.4 is 10.6 Å². The highest BCUT2D eigenvalue weighted by Crippen LogP contribution is 2.25. The molecule has 2 N–H and O–H groups in total. The molecule has 3 aromatic rings. The van der Waals surface area contributed by atoms with Crippen molar-refractivity contribution in [3.63, 3.8) is 0 Å². The summed E-state index contributed by atoms with van der Waals surface area (Å²) < 4.78 is 18.9. The highest BCUT2D eigenvalue weighted by molar-refractivity contribution is 6.31. The van der Waals surface area contributed by atoms with E-state index in [-0.39, 0.29) is 11.1 Å². The lowest BCUT2D eigenvalue weighted by molar-refractivity contribution is 0.0148. The number of anilines is 3. The molecule has 186 valence electrons. The molecule has 0 spiro atoms. The van der Waals surface area contributed by atoms with E-state index in [2.05, 4.69) is 35.5 Å². The minimum atomic E-state index is -0.496. The van der Waals surface area contributed by atoms with Crippen LogP contribution in [0.2, 0.25) is 5.02 Å². The minimum Gasteiger partial charge on any atom is -0.444 e. The maximum atomic E-state index is 13.5. The van der Waals surface area contributed by atoms with E-state index in [0.717, 1.165) is 19.6 Å². The Hall–Kier alpha value is -3.31. The Labute approximate surface area is 207 Å². The summed E-state index contributed by atoms with van der Waals surface area (Å²) in [4.78, 5) is 33.6. The van der Waals surface area contributed by atoms with Gasteiger partial charge in [0.2, 0.25) is 5.95 Å². The van der Waals surface area contributed by atoms with E-state index < -0.39 is 11.4 Å². The van der Waals surface area contributed by atoms with Crippen LogP contribution in [0.5, 0.6) is 0 Å². The van der Waals surface area contributed by atoms with Crippen molar-refractivity contribution in [3.8, 4) is 0 Å². The van der Waals surface area contributed by atoms with E-state index in [4.69, 9.17) is 16.3 Å². The summed E-state index contributed by atoms with van der Waals surface area (Å²) in [6, 6.07) is 4.33. The summed E-state index contributed by atoms with van der Waals surface area (Å²) in [5.41, 5.74) is 1.18. The largest absolute Gasteiger partial charge is 0.444 e. The smallest absolute Gasteiger partial charge is 0.410 e. The molecule has 10 nitrogen and oxygen atoms in total. The van der Waals surface area contributed by atoms with Gasteiger partial charge in [-0.2, -0.15) is 0 Å². The van der Waals surface area contributed by atoms with E-state index in [0.29, 0.717) is 48.1 Å². The van der Waals surface area contributed by atoms with Crippen molar-refractivity contribution in [2.45, 2.75) is 26.4 Å². The lowest BCUT2D eigenvalue weighted by Gasteiger charge is -2.35. The van der Waals surface area contributed by atoms with Crippen LogP contribution in [-0.4, -0.2) is 80.7 Å². The summed E-state index contributed by atoms with van der Waals surface area (Å²) in [6.07, 6.45) is 2.76. The Bertz CT molecular complexity index is 1200. The maximum Gasteiger partial charge on any atom is 0.410 e. The Kier molecular flexibility index (Phi) is 7.46. The monoisotopic (exact) mass is 502 g/mol. The van der Waals surface area contributed by atoms with Crippen molar-refractivity contribution in [3.05, 3.63) is 41.6 Å². The fourth-order valence-electron chi connectivity index (χ4n) is 3.55. The Balaban J connectivity index is 1.33. The highest BCUT2D eigenvalue weighted by atomic mass is 35.5. The van der Waals surface area contributed by atoms with Crippen molar-refractivity contribution in [1.29, 1.82) is 0 Å². The molecule has 1 fully saturated rings. The number of piperazine rings is 1. The number of aromatic nitrogens is 4. The molecule has 4 rings (SSSR count). The van der Waals surface area contributed by atoms with Crippen LogP contribution >= 0.6 is 11.6 Å². The van der Waals surface area contributed by atoms with Crippen molar-refractivity contribution in [2.24, 2.45) is 0 Å². The number of carbonyl (C=O) groups is 1. The third kappa shape index (κ3) is 6.64. The fraction of sp³-hybridized carbons (Fsp3) is 0.435. The quantitative estimate of drug-likeness (QED) is 0.518. The normalized spacial score (nSPS) is 14.7. The number of hydrogen-bond donors (Lipinski definition) is 2. The molecule has 0 radical (unpaired) electrons. The van der Waals surface area contributed by atoms with Gasteiger partial charge in [0.05, 0.1) is 11.2 Å². The van der Waals surface area contributed by atoms with Gasteiger partial charge in [-0.15, -0.1) is 0 Å². The molecule has 12 heteroatoms. The molecule has 3 heterocycles. The van der Waals surface area contributed by atoms with Gasteiger partial charge in [0.15, 0.2) is 5.82 Å². The number of amides is 1. The predicted molar refractivity (Wildman–Crippen MR) is 133 cm³/mol. The summed E-state index contributed by atoms with van der Waals surface area (Å²) in [5.74, 6) is 0.408. The molecule has 1 aliphatic heterocycles. The van der Waals surface area contributed by atoms with E-state index in [9.17, 15) is 9.18 Å². The van der Waals surface area contributed by atoms with Gasteiger partial charge in [-0.1, -0.05) is 11.6 Å². The second-order valence-corrected chi connectivity index (χ2v) is 9.55. The van der Waals surface area contributed by atoms with E-state index in [1.54, 1.807) is 17.2 Å². The number of ether oxygens (including phenoxy) is 1. The number of benzene rings is 1. The highest BCUT2D eigenvalue weighted by Gasteiger charge is 2.25. The molecule has 0 atom stereocenters. The molecule has 0 bridgehead atoms. The zero-order valence-corrected chi connectivity index (χ0v) is 20.6. The van der Waals surface area contributed by atoms with Crippen LogP contribution in [0.3, 0.4) is 0 Å². The third-order valence-corrected chi connectivity index (χ3v) is 5.58. The number of hydrogen-bond acceptors (Lipinski definition) is 9. The molecule has 1 aromatic carbocycles. The Morgan fingerprint density at radius 3 is 2.66 bits per heavy atom. The van der Waals surface area contributed by atoms with Gasteiger partial charge in [-0.25, -0.2) is 29.1 Å². The Morgan fingerprint density at radius 1 is 1.17 bits per heavy atom. The lowest BCUT2D eigenvalue weighted by Crippen LogP contribution is -2.50. The lowest BCUT2D eigenvalue weighted by atomic mass is 10.2. The molecule has 0 aliphatic carbocycles. The molecule has 0 unspecified atom stereocenters. The average Bonchev–Trinajstić information content (AvgIpc) is 2.81. The van der Waals surface area contributed by atoms with Gasteiger partial charge in [0.1, 0.15) is 28.8 Å². The standard InChI is InChI=1S/C23H28ClFN8O2/c1-23(2,3)35-22(34)33-10-8-32(9-11-33)7-6-26-21-27-13-18-19(31-21)20(29-14-28-18)30-15-4-5-17(25)16(24)12-15/h4-5,12-14H,6-11H2,1-3H3,(H,26,27,31)(H,28,29,30). The first-order valence-corrected chi connectivity index (χ1v) is 11.7. The zero-order chi connectivity index (χ0) is 25.0. The van der Waals surface area contributed by atoms with Gasteiger partial charge >= 0.3 is 6.09 Å². The first-order chi connectivity index (χ1) is 16.7. The van der Waals surface area contributed by atoms with E-state index in [1.807, 2.05) is 20.8 Å². The van der Waals surface area contributed by atoms with Crippen LogP contribution in [0, 0.1) is 5.82 Å². The number of rotatable bonds is 6. The average molecular weight is 503 g/mol. The number of fused-ring (bicyclic) bond motifs is 1. The van der Waals surface area contributed by atoms with Crippen molar-refractivity contribution in [2.75, 3.05) is 49.9 Å². The van der Waals surface area contributed by atoms with Crippen LogP contribution in [0.25, 0.3) is 11.0 Å². The van der Waals surface area contributed by atoms with Crippen molar-refractivity contribution >= 4 is 46.2 Å². The van der Waals surface area contributed by atoms with Crippen LogP contribution in [-0.2, 0) is 4.74 Å². The first kappa shape index (κ1) is 24.8. The molecule has 1 amide bonds. The summed E-state index contributed by atoms with van der Waals surface area (Å²) in [7, 11) is 0. The summed E-state index contributed by atoms with van der Waals surface area (Å²) in [6.45, 7) is 9.78. The second-order valence-electron chi connectivity index (χ2n) is 9.14. The van der Waals surface area contributed by atoms with Gasteiger partial charge in [-0.05, 0) is 39.0 Å². The summed E-state index contributed by atoms with van der Waals surface area (Å²) >= 11 is 5.88. The minimum absolute atomic E-state index is 0.0114. The molecular weight excluding hydrogens is 475 g/mol. The number of nitrogens with zero attached hydrogens (tertiary/aromatic N) is 6. The Morgan fingerprint density at radius 2 is 1.94 bits per heavy atom. The SMILES string of the molecule is CC(C)(C)OC(=O)N1CCN(CCNc2ncc3ncnc(Nc4ccc(F)c(Cl)c4)c3n2)CC1. The summed E-state index contributed by atoms with van der Waals surface area (Å²) in [5, 5.41) is 6.35. The van der Waals surface area contributed by atoms with Crippen LogP contribution in [0.15, 0.2) is 30.7 Å².